The lowest BCUT2D eigenvalue weighted by molar-refractivity contribution is 0.274. The Bertz CT molecular complexity index is 459. The van der Waals surface area contributed by atoms with E-state index in [1.807, 2.05) is 0 Å². The highest BCUT2D eigenvalue weighted by molar-refractivity contribution is 6.20. The molecule has 1 N–H and O–H groups in total. The van der Waals surface area contributed by atoms with Gasteiger partial charge in [0.1, 0.15) is 0 Å². The van der Waals surface area contributed by atoms with Crippen LogP contribution in [0.25, 0.3) is 0 Å². The van der Waals surface area contributed by atoms with Crippen molar-refractivity contribution in [3.8, 4) is 0 Å². The maximum atomic E-state index is 6.53. The molecule has 2 nitrogen and oxygen atoms in total. The van der Waals surface area contributed by atoms with Gasteiger partial charge in [-0.2, -0.15) is 0 Å². The molecule has 1 heterocycles. The number of fused-ring (bicyclic) bond motifs is 2. The van der Waals surface area contributed by atoms with Gasteiger partial charge in [0.2, 0.25) is 0 Å². The van der Waals surface area contributed by atoms with Gasteiger partial charge in [0.05, 0.1) is 6.04 Å². The van der Waals surface area contributed by atoms with Gasteiger partial charge in [-0.05, 0) is 89.0 Å². The molecule has 0 aromatic rings. The van der Waals surface area contributed by atoms with Crippen LogP contribution in [0.5, 0.6) is 0 Å². The highest BCUT2D eigenvalue weighted by Crippen LogP contribution is 2.43. The first-order valence-electron chi connectivity index (χ1n) is 10.3. The first-order chi connectivity index (χ1) is 11.7. The summed E-state index contributed by atoms with van der Waals surface area (Å²) >= 11 is 12.8. The molecular formula is C20H32Cl2N2. The Labute approximate surface area is 157 Å². The lowest BCUT2D eigenvalue weighted by Gasteiger charge is -2.38. The number of nitrogens with one attached hydrogen (secondary N) is 1. The van der Waals surface area contributed by atoms with Crippen LogP contribution in [0.1, 0.15) is 70.6 Å². The summed E-state index contributed by atoms with van der Waals surface area (Å²) in [5.41, 5.74) is 1.55. The van der Waals surface area contributed by atoms with Crippen LogP contribution in [-0.2, 0) is 0 Å². The lowest BCUT2D eigenvalue weighted by Crippen LogP contribution is -2.49. The Hall–Kier alpha value is 0.210. The molecule has 3 saturated carbocycles. The molecule has 1 aliphatic heterocycles. The topological polar surface area (TPSA) is 24.4 Å². The minimum absolute atomic E-state index is 0.385. The second-order valence-electron chi connectivity index (χ2n) is 8.65. The number of nitrogens with zero attached hydrogens (tertiary/aromatic N) is 1. The van der Waals surface area contributed by atoms with E-state index < -0.39 is 0 Å². The second-order valence-corrected chi connectivity index (χ2v) is 9.88. The van der Waals surface area contributed by atoms with Crippen LogP contribution in [0.2, 0.25) is 0 Å². The number of halogens is 2. The van der Waals surface area contributed by atoms with Crippen LogP contribution < -0.4 is 5.32 Å². The van der Waals surface area contributed by atoms with E-state index in [4.69, 9.17) is 28.2 Å². The maximum absolute atomic E-state index is 6.53. The van der Waals surface area contributed by atoms with Crippen molar-refractivity contribution in [3.63, 3.8) is 0 Å². The Balaban J connectivity index is 1.60. The van der Waals surface area contributed by atoms with Crippen molar-refractivity contribution < 1.29 is 0 Å². The Morgan fingerprint density at radius 1 is 0.792 bits per heavy atom. The van der Waals surface area contributed by atoms with Crippen molar-refractivity contribution in [2.24, 2.45) is 22.7 Å². The Morgan fingerprint density at radius 3 is 2.38 bits per heavy atom. The summed E-state index contributed by atoms with van der Waals surface area (Å²) < 4.78 is 0. The highest BCUT2D eigenvalue weighted by atomic mass is 35.5. The largest absolute Gasteiger partial charge is 0.309 e. The average molecular weight is 371 g/mol. The zero-order chi connectivity index (χ0) is 16.5. The van der Waals surface area contributed by atoms with Gasteiger partial charge in [0.15, 0.2) is 0 Å². The van der Waals surface area contributed by atoms with E-state index in [0.717, 1.165) is 24.7 Å². The van der Waals surface area contributed by atoms with Crippen molar-refractivity contribution >= 4 is 28.9 Å². The molecular weight excluding hydrogens is 339 g/mol. The molecule has 1 saturated heterocycles. The number of piperidine rings is 1. The fourth-order valence-electron chi connectivity index (χ4n) is 5.74. The smallest absolute Gasteiger partial charge is 0.0500 e. The minimum atomic E-state index is 0.385. The Morgan fingerprint density at radius 2 is 1.54 bits per heavy atom. The summed E-state index contributed by atoms with van der Waals surface area (Å²) in [6.07, 6.45) is 13.7. The van der Waals surface area contributed by atoms with Gasteiger partial charge in [-0.1, -0.05) is 0 Å². The predicted molar refractivity (Wildman–Crippen MR) is 104 cm³/mol. The Kier molecular flexibility index (Phi) is 5.76. The van der Waals surface area contributed by atoms with E-state index in [1.165, 1.54) is 64.3 Å². The van der Waals surface area contributed by atoms with Gasteiger partial charge >= 0.3 is 0 Å². The van der Waals surface area contributed by atoms with Gasteiger partial charge in [0.25, 0.3) is 0 Å². The summed E-state index contributed by atoms with van der Waals surface area (Å²) in [6.45, 7) is 1.17. The first kappa shape index (κ1) is 17.6. The molecule has 0 aromatic carbocycles. The number of aliphatic imine (C=N–C) groups is 1. The van der Waals surface area contributed by atoms with Crippen molar-refractivity contribution in [2.45, 2.75) is 93.5 Å². The molecule has 4 aliphatic rings. The third kappa shape index (κ3) is 3.81. The molecule has 24 heavy (non-hydrogen) atoms. The van der Waals surface area contributed by atoms with Gasteiger partial charge < -0.3 is 5.32 Å². The summed E-state index contributed by atoms with van der Waals surface area (Å²) in [5, 5.41) is 4.64. The van der Waals surface area contributed by atoms with Gasteiger partial charge in [0, 0.05) is 28.4 Å². The van der Waals surface area contributed by atoms with Crippen LogP contribution in [-0.4, -0.2) is 35.1 Å². The van der Waals surface area contributed by atoms with Crippen LogP contribution in [0.3, 0.4) is 0 Å². The number of hydrogen-bond donors (Lipinski definition) is 1. The van der Waals surface area contributed by atoms with Gasteiger partial charge in [-0.15, -0.1) is 23.2 Å². The third-order valence-corrected chi connectivity index (χ3v) is 7.90. The third-order valence-electron chi connectivity index (χ3n) is 7.07. The summed E-state index contributed by atoms with van der Waals surface area (Å²) in [4.78, 5) is 5.44. The van der Waals surface area contributed by atoms with E-state index in [9.17, 15) is 0 Å². The summed E-state index contributed by atoms with van der Waals surface area (Å²) in [6, 6.07) is 1.07. The number of hydrogen-bond acceptors (Lipinski definition) is 2. The SMILES string of the molecule is ClC1CCC(N=C2C3CCC(Cl)CC3CCC3CCCNC23)CC1. The monoisotopic (exact) mass is 370 g/mol. The minimum Gasteiger partial charge on any atom is -0.309 e. The van der Waals surface area contributed by atoms with Crippen molar-refractivity contribution in [1.29, 1.82) is 0 Å². The molecule has 4 heteroatoms. The zero-order valence-electron chi connectivity index (χ0n) is 14.7. The van der Waals surface area contributed by atoms with Crippen molar-refractivity contribution in [1.82, 2.24) is 5.32 Å². The normalized spacial score (nSPS) is 48.4. The molecule has 5 atom stereocenters. The van der Waals surface area contributed by atoms with Gasteiger partial charge in [-0.3, -0.25) is 4.99 Å². The van der Waals surface area contributed by atoms with Crippen LogP contribution in [0, 0.1) is 17.8 Å². The van der Waals surface area contributed by atoms with Crippen LogP contribution in [0.15, 0.2) is 4.99 Å². The second kappa shape index (κ2) is 7.84. The summed E-state index contributed by atoms with van der Waals surface area (Å²) in [5.74, 6) is 2.27. The molecule has 0 aromatic heterocycles. The molecule has 4 rings (SSSR count). The molecule has 3 aliphatic carbocycles. The fraction of sp³-hybridized carbons (Fsp3) is 0.950. The standard InChI is InChI=1S/C20H32Cl2N2/c21-15-5-8-17(9-6-15)24-20-18-10-7-16(22)12-14(18)4-3-13-2-1-11-23-19(13)20/h13-19,23H,1-12H2. The van der Waals surface area contributed by atoms with E-state index in [1.54, 1.807) is 5.71 Å². The fourth-order valence-corrected chi connectivity index (χ4v) is 6.34. The molecule has 0 spiro atoms. The molecule has 0 radical (unpaired) electrons. The lowest BCUT2D eigenvalue weighted by atomic mass is 9.74. The number of rotatable bonds is 1. The zero-order valence-corrected chi connectivity index (χ0v) is 16.2. The van der Waals surface area contributed by atoms with E-state index in [-0.39, 0.29) is 0 Å². The molecule has 0 bridgehead atoms. The number of alkyl halides is 2. The highest BCUT2D eigenvalue weighted by Gasteiger charge is 2.42. The van der Waals surface area contributed by atoms with Crippen LogP contribution in [0.4, 0.5) is 0 Å². The first-order valence-corrected chi connectivity index (χ1v) is 11.2. The maximum Gasteiger partial charge on any atom is 0.0500 e. The van der Waals surface area contributed by atoms with Gasteiger partial charge in [-0.25, -0.2) is 0 Å². The average Bonchev–Trinajstić information content (AvgIpc) is 2.74. The summed E-state index contributed by atoms with van der Waals surface area (Å²) in [7, 11) is 0. The van der Waals surface area contributed by atoms with Crippen molar-refractivity contribution in [2.75, 3.05) is 6.54 Å². The molecule has 0 amide bonds. The van der Waals surface area contributed by atoms with E-state index >= 15 is 0 Å². The van der Waals surface area contributed by atoms with E-state index in [0.29, 0.717) is 28.8 Å². The molecule has 136 valence electrons. The molecule has 4 fully saturated rings. The quantitative estimate of drug-likeness (QED) is 0.633. The molecule has 5 unspecified atom stereocenters. The van der Waals surface area contributed by atoms with Crippen LogP contribution >= 0.6 is 23.2 Å². The van der Waals surface area contributed by atoms with E-state index in [2.05, 4.69) is 5.32 Å². The predicted octanol–water partition coefficient (Wildman–Crippen LogP) is 5.16. The van der Waals surface area contributed by atoms with Crippen molar-refractivity contribution in [3.05, 3.63) is 0 Å².